The molecular formula is C16H25NO2. The predicted octanol–water partition coefficient (Wildman–Crippen LogP) is 2.06. The van der Waals surface area contributed by atoms with Crippen molar-refractivity contribution in [2.45, 2.75) is 32.0 Å². The maximum absolute atomic E-state index is 10.3. The highest BCUT2D eigenvalue weighted by molar-refractivity contribution is 5.17. The van der Waals surface area contributed by atoms with Crippen LogP contribution in [0.25, 0.3) is 0 Å². The molecule has 1 aromatic carbocycles. The van der Waals surface area contributed by atoms with Gasteiger partial charge in [-0.25, -0.2) is 0 Å². The van der Waals surface area contributed by atoms with Crippen molar-refractivity contribution in [3.8, 4) is 0 Å². The number of aliphatic hydroxyl groups is 2. The smallest absolute Gasteiger partial charge is 0.0827 e. The van der Waals surface area contributed by atoms with Crippen LogP contribution < -0.4 is 0 Å². The molecule has 1 aliphatic rings. The average Bonchev–Trinajstić information content (AvgIpc) is 2.37. The van der Waals surface area contributed by atoms with E-state index in [2.05, 4.69) is 18.9 Å². The fourth-order valence-electron chi connectivity index (χ4n) is 2.94. The molecule has 0 aromatic heterocycles. The molecule has 3 nitrogen and oxygen atoms in total. The van der Waals surface area contributed by atoms with Crippen LogP contribution in [0.4, 0.5) is 0 Å². The SMILES string of the molecule is CC(CN(C)CC1CC(O)C1)C(O)c1ccccc1. The summed E-state index contributed by atoms with van der Waals surface area (Å²) in [5, 5.41) is 19.6. The number of benzene rings is 1. The van der Waals surface area contributed by atoms with Crippen LogP contribution in [0, 0.1) is 11.8 Å². The Morgan fingerprint density at radius 1 is 1.26 bits per heavy atom. The lowest BCUT2D eigenvalue weighted by Crippen LogP contribution is -2.39. The molecule has 19 heavy (non-hydrogen) atoms. The number of nitrogens with zero attached hydrogens (tertiary/aromatic N) is 1. The fraction of sp³-hybridized carbons (Fsp3) is 0.625. The molecule has 2 unspecified atom stereocenters. The lowest BCUT2D eigenvalue weighted by Gasteiger charge is -2.35. The summed E-state index contributed by atoms with van der Waals surface area (Å²) in [4.78, 5) is 2.27. The molecule has 0 saturated heterocycles. The summed E-state index contributed by atoms with van der Waals surface area (Å²) in [6, 6.07) is 9.84. The van der Waals surface area contributed by atoms with E-state index in [-0.39, 0.29) is 12.0 Å². The molecule has 0 spiro atoms. The Kier molecular flexibility index (Phi) is 4.97. The minimum Gasteiger partial charge on any atom is -0.393 e. The lowest BCUT2D eigenvalue weighted by molar-refractivity contribution is 0.0210. The first kappa shape index (κ1) is 14.5. The van der Waals surface area contributed by atoms with Gasteiger partial charge in [-0.2, -0.15) is 0 Å². The van der Waals surface area contributed by atoms with E-state index in [1.165, 1.54) is 0 Å². The van der Waals surface area contributed by atoms with Crippen molar-refractivity contribution in [3.05, 3.63) is 35.9 Å². The largest absolute Gasteiger partial charge is 0.393 e. The van der Waals surface area contributed by atoms with Crippen LogP contribution in [0.3, 0.4) is 0 Å². The summed E-state index contributed by atoms with van der Waals surface area (Å²) in [6.45, 7) is 3.98. The molecule has 0 aliphatic heterocycles. The topological polar surface area (TPSA) is 43.7 Å². The molecule has 2 atom stereocenters. The highest BCUT2D eigenvalue weighted by Gasteiger charge is 2.28. The molecule has 3 heteroatoms. The fourth-order valence-corrected chi connectivity index (χ4v) is 2.94. The summed E-state index contributed by atoms with van der Waals surface area (Å²) >= 11 is 0. The van der Waals surface area contributed by atoms with Crippen LogP contribution in [-0.2, 0) is 0 Å². The molecule has 1 fully saturated rings. The monoisotopic (exact) mass is 263 g/mol. The zero-order chi connectivity index (χ0) is 13.8. The second kappa shape index (κ2) is 6.51. The van der Waals surface area contributed by atoms with E-state index >= 15 is 0 Å². The predicted molar refractivity (Wildman–Crippen MR) is 76.8 cm³/mol. The van der Waals surface area contributed by atoms with Gasteiger partial charge in [0.15, 0.2) is 0 Å². The molecule has 106 valence electrons. The van der Waals surface area contributed by atoms with Gasteiger partial charge in [0.2, 0.25) is 0 Å². The summed E-state index contributed by atoms with van der Waals surface area (Å²) < 4.78 is 0. The van der Waals surface area contributed by atoms with Gasteiger partial charge in [0.25, 0.3) is 0 Å². The molecule has 1 aromatic rings. The van der Waals surface area contributed by atoms with Crippen molar-refractivity contribution in [3.63, 3.8) is 0 Å². The van der Waals surface area contributed by atoms with Gasteiger partial charge in [-0.1, -0.05) is 37.3 Å². The Labute approximate surface area is 115 Å². The summed E-state index contributed by atoms with van der Waals surface area (Å²) in [5.41, 5.74) is 0.988. The third kappa shape index (κ3) is 4.03. The van der Waals surface area contributed by atoms with Gasteiger partial charge in [-0.05, 0) is 37.3 Å². The Hall–Kier alpha value is -0.900. The van der Waals surface area contributed by atoms with Crippen LogP contribution in [-0.4, -0.2) is 41.4 Å². The van der Waals surface area contributed by atoms with Crippen molar-refractivity contribution < 1.29 is 10.2 Å². The quantitative estimate of drug-likeness (QED) is 0.825. The van der Waals surface area contributed by atoms with E-state index in [9.17, 15) is 10.2 Å². The molecule has 0 bridgehead atoms. The van der Waals surface area contributed by atoms with Crippen molar-refractivity contribution in [2.24, 2.45) is 11.8 Å². The van der Waals surface area contributed by atoms with E-state index in [0.717, 1.165) is 31.5 Å². The van der Waals surface area contributed by atoms with Gasteiger partial charge in [-0.15, -0.1) is 0 Å². The second-order valence-electron chi connectivity index (χ2n) is 6.05. The minimum absolute atomic E-state index is 0.0780. The first-order valence-corrected chi connectivity index (χ1v) is 7.16. The van der Waals surface area contributed by atoms with Crippen molar-refractivity contribution in [1.29, 1.82) is 0 Å². The highest BCUT2D eigenvalue weighted by Crippen LogP contribution is 2.28. The third-order valence-electron chi connectivity index (χ3n) is 4.06. The third-order valence-corrected chi connectivity index (χ3v) is 4.06. The summed E-state index contributed by atoms with van der Waals surface area (Å²) in [7, 11) is 2.10. The Morgan fingerprint density at radius 2 is 1.89 bits per heavy atom. The number of rotatable bonds is 6. The molecule has 2 rings (SSSR count). The van der Waals surface area contributed by atoms with Gasteiger partial charge in [0.05, 0.1) is 12.2 Å². The van der Waals surface area contributed by atoms with E-state index in [4.69, 9.17) is 0 Å². The lowest BCUT2D eigenvalue weighted by atomic mass is 9.82. The van der Waals surface area contributed by atoms with E-state index in [1.54, 1.807) is 0 Å². The van der Waals surface area contributed by atoms with Crippen molar-refractivity contribution in [1.82, 2.24) is 4.90 Å². The van der Waals surface area contributed by atoms with Gasteiger partial charge < -0.3 is 15.1 Å². The minimum atomic E-state index is -0.407. The molecule has 1 saturated carbocycles. The van der Waals surface area contributed by atoms with Crippen molar-refractivity contribution >= 4 is 0 Å². The van der Waals surface area contributed by atoms with Crippen LogP contribution in [0.15, 0.2) is 30.3 Å². The zero-order valence-corrected chi connectivity index (χ0v) is 11.9. The Morgan fingerprint density at radius 3 is 2.47 bits per heavy atom. The normalized spacial score (nSPS) is 25.9. The van der Waals surface area contributed by atoms with E-state index < -0.39 is 6.10 Å². The van der Waals surface area contributed by atoms with E-state index in [1.807, 2.05) is 30.3 Å². The van der Waals surface area contributed by atoms with Crippen LogP contribution >= 0.6 is 0 Å². The second-order valence-corrected chi connectivity index (χ2v) is 6.05. The van der Waals surface area contributed by atoms with Gasteiger partial charge in [0, 0.05) is 13.1 Å². The molecule has 2 N–H and O–H groups in total. The Bertz CT molecular complexity index is 376. The maximum atomic E-state index is 10.3. The zero-order valence-electron chi connectivity index (χ0n) is 11.9. The van der Waals surface area contributed by atoms with Gasteiger partial charge in [0.1, 0.15) is 0 Å². The van der Waals surface area contributed by atoms with Gasteiger partial charge in [-0.3, -0.25) is 0 Å². The first-order valence-electron chi connectivity index (χ1n) is 7.16. The molecular weight excluding hydrogens is 238 g/mol. The van der Waals surface area contributed by atoms with Crippen LogP contribution in [0.1, 0.15) is 31.4 Å². The van der Waals surface area contributed by atoms with E-state index in [0.29, 0.717) is 5.92 Å². The number of aliphatic hydroxyl groups excluding tert-OH is 2. The highest BCUT2D eigenvalue weighted by atomic mass is 16.3. The average molecular weight is 263 g/mol. The Balaban J connectivity index is 1.78. The molecule has 0 heterocycles. The first-order chi connectivity index (χ1) is 9.06. The molecule has 0 radical (unpaired) electrons. The molecule has 1 aliphatic carbocycles. The van der Waals surface area contributed by atoms with Gasteiger partial charge >= 0.3 is 0 Å². The standard InChI is InChI=1S/C16H25NO2/c1-12(16(19)14-6-4-3-5-7-14)10-17(2)11-13-8-15(18)9-13/h3-7,12-13,15-16,18-19H,8-11H2,1-2H3. The van der Waals surface area contributed by atoms with Crippen LogP contribution in [0.5, 0.6) is 0 Å². The molecule has 0 amide bonds. The van der Waals surface area contributed by atoms with Crippen LogP contribution in [0.2, 0.25) is 0 Å². The number of hydrogen-bond acceptors (Lipinski definition) is 3. The maximum Gasteiger partial charge on any atom is 0.0827 e. The summed E-state index contributed by atoms with van der Waals surface area (Å²) in [5.74, 6) is 0.832. The van der Waals surface area contributed by atoms with Crippen molar-refractivity contribution in [2.75, 3.05) is 20.1 Å². The summed E-state index contributed by atoms with van der Waals surface area (Å²) in [6.07, 6.45) is 1.38. The number of hydrogen-bond donors (Lipinski definition) is 2.